The van der Waals surface area contributed by atoms with Crippen LogP contribution in [0.5, 0.6) is 0 Å². The molecule has 1 rings (SSSR count). The molecule has 5 heteroatoms. The number of carbonyl (C=O) groups is 1. The minimum Gasteiger partial charge on any atom is -0.467 e. The van der Waals surface area contributed by atoms with Crippen LogP contribution in [0, 0.1) is 5.92 Å². The van der Waals surface area contributed by atoms with Crippen molar-refractivity contribution in [1.29, 1.82) is 0 Å². The van der Waals surface area contributed by atoms with E-state index in [4.69, 9.17) is 22.4 Å². The third-order valence-electron chi connectivity index (χ3n) is 2.42. The maximum absolute atomic E-state index is 12.0. The van der Waals surface area contributed by atoms with Crippen molar-refractivity contribution in [2.45, 2.75) is 20.4 Å². The first-order chi connectivity index (χ1) is 7.56. The summed E-state index contributed by atoms with van der Waals surface area (Å²) in [7, 11) is 0. The molecule has 1 aromatic rings. The molecule has 1 heterocycles. The summed E-state index contributed by atoms with van der Waals surface area (Å²) in [4.78, 5) is 13.9. The van der Waals surface area contributed by atoms with Crippen molar-refractivity contribution in [2.24, 2.45) is 11.7 Å². The van der Waals surface area contributed by atoms with Crippen LogP contribution < -0.4 is 5.73 Å². The molecule has 0 saturated carbocycles. The van der Waals surface area contributed by atoms with E-state index in [9.17, 15) is 4.79 Å². The van der Waals surface area contributed by atoms with Gasteiger partial charge in [-0.15, -0.1) is 0 Å². The fourth-order valence-corrected chi connectivity index (χ4v) is 1.43. The molecule has 16 heavy (non-hydrogen) atoms. The van der Waals surface area contributed by atoms with Gasteiger partial charge in [-0.25, -0.2) is 0 Å². The molecule has 0 aliphatic heterocycles. The van der Waals surface area contributed by atoms with E-state index in [0.717, 1.165) is 5.76 Å². The first kappa shape index (κ1) is 12.7. The molecular formula is C11H16N2O2S. The summed E-state index contributed by atoms with van der Waals surface area (Å²) in [5.74, 6) is 0.265. The first-order valence-electron chi connectivity index (χ1n) is 5.16. The largest absolute Gasteiger partial charge is 0.467 e. The molecule has 4 nitrogen and oxygen atoms in total. The Balaban J connectivity index is 2.67. The summed E-state index contributed by atoms with van der Waals surface area (Å²) >= 11 is 4.82. The molecule has 0 saturated heterocycles. The molecule has 0 fully saturated rings. The lowest BCUT2D eigenvalue weighted by Gasteiger charge is -2.22. The first-order valence-corrected chi connectivity index (χ1v) is 5.57. The van der Waals surface area contributed by atoms with Gasteiger partial charge in [0.15, 0.2) is 0 Å². The molecule has 88 valence electrons. The van der Waals surface area contributed by atoms with E-state index >= 15 is 0 Å². The number of rotatable bonds is 5. The van der Waals surface area contributed by atoms with Crippen molar-refractivity contribution in [2.75, 3.05) is 6.54 Å². The second kappa shape index (κ2) is 5.65. The van der Waals surface area contributed by atoms with Gasteiger partial charge in [0.1, 0.15) is 5.76 Å². The summed E-state index contributed by atoms with van der Waals surface area (Å²) in [5, 5.41) is 0. The third kappa shape index (κ3) is 3.06. The van der Waals surface area contributed by atoms with Crippen LogP contribution in [0.15, 0.2) is 22.8 Å². The maximum Gasteiger partial charge on any atom is 0.232 e. The zero-order valence-corrected chi connectivity index (χ0v) is 10.3. The second-order valence-electron chi connectivity index (χ2n) is 3.56. The fraction of sp³-hybridized carbons (Fsp3) is 0.455. The average molecular weight is 240 g/mol. The van der Waals surface area contributed by atoms with Crippen molar-refractivity contribution in [3.05, 3.63) is 24.2 Å². The highest BCUT2D eigenvalue weighted by Crippen LogP contribution is 2.09. The van der Waals surface area contributed by atoms with E-state index in [-0.39, 0.29) is 10.9 Å². The lowest BCUT2D eigenvalue weighted by Crippen LogP contribution is -2.39. The average Bonchev–Trinajstić information content (AvgIpc) is 2.76. The molecule has 1 amide bonds. The molecule has 0 radical (unpaired) electrons. The van der Waals surface area contributed by atoms with E-state index < -0.39 is 5.92 Å². The van der Waals surface area contributed by atoms with E-state index in [1.54, 1.807) is 24.2 Å². The molecular weight excluding hydrogens is 224 g/mol. The second-order valence-corrected chi connectivity index (χ2v) is 4.03. The Bertz CT molecular complexity index is 362. The van der Waals surface area contributed by atoms with Gasteiger partial charge >= 0.3 is 0 Å². The fourth-order valence-electron chi connectivity index (χ4n) is 1.33. The maximum atomic E-state index is 12.0. The molecule has 0 aliphatic rings. The summed E-state index contributed by atoms with van der Waals surface area (Å²) < 4.78 is 5.20. The number of hydrogen-bond acceptors (Lipinski definition) is 3. The predicted molar refractivity (Wildman–Crippen MR) is 65.7 cm³/mol. The lowest BCUT2D eigenvalue weighted by molar-refractivity contribution is -0.133. The number of furan rings is 1. The normalized spacial score (nSPS) is 12.1. The zero-order chi connectivity index (χ0) is 12.1. The van der Waals surface area contributed by atoms with Gasteiger partial charge in [-0.1, -0.05) is 12.2 Å². The SMILES string of the molecule is CCN(Cc1ccco1)C(=O)C(C)C(N)=S. The van der Waals surface area contributed by atoms with Crippen LogP contribution >= 0.6 is 12.2 Å². The quantitative estimate of drug-likeness (QED) is 0.793. The van der Waals surface area contributed by atoms with Crippen molar-refractivity contribution in [3.63, 3.8) is 0 Å². The minimum atomic E-state index is -0.426. The smallest absolute Gasteiger partial charge is 0.232 e. The van der Waals surface area contributed by atoms with Gasteiger partial charge in [0, 0.05) is 6.54 Å². The molecule has 2 N–H and O–H groups in total. The Morgan fingerprint density at radius 3 is 2.81 bits per heavy atom. The molecule has 1 atom stereocenters. The standard InChI is InChI=1S/C11H16N2O2S/c1-3-13(7-9-5-4-6-15-9)11(14)8(2)10(12)16/h4-6,8H,3,7H2,1-2H3,(H2,12,16). The molecule has 0 aromatic carbocycles. The summed E-state index contributed by atoms with van der Waals surface area (Å²) in [6.45, 7) is 4.68. The van der Waals surface area contributed by atoms with Crippen LogP contribution in [-0.2, 0) is 11.3 Å². The monoisotopic (exact) mass is 240 g/mol. The summed E-state index contributed by atoms with van der Waals surface area (Å²) in [5.41, 5.74) is 5.46. The van der Waals surface area contributed by atoms with Gasteiger partial charge in [0.2, 0.25) is 5.91 Å². The van der Waals surface area contributed by atoms with Crippen LogP contribution in [-0.4, -0.2) is 22.3 Å². The van der Waals surface area contributed by atoms with E-state index in [1.165, 1.54) is 0 Å². The highest BCUT2D eigenvalue weighted by molar-refractivity contribution is 7.80. The van der Waals surface area contributed by atoms with Gasteiger partial charge in [-0.05, 0) is 26.0 Å². The van der Waals surface area contributed by atoms with Crippen molar-refractivity contribution < 1.29 is 9.21 Å². The van der Waals surface area contributed by atoms with Crippen LogP contribution in [0.3, 0.4) is 0 Å². The zero-order valence-electron chi connectivity index (χ0n) is 9.47. The molecule has 0 bridgehead atoms. The lowest BCUT2D eigenvalue weighted by atomic mass is 10.1. The van der Waals surface area contributed by atoms with Crippen molar-refractivity contribution >= 4 is 23.1 Å². The molecule has 0 aliphatic carbocycles. The van der Waals surface area contributed by atoms with E-state index in [0.29, 0.717) is 13.1 Å². The van der Waals surface area contributed by atoms with Crippen molar-refractivity contribution in [3.8, 4) is 0 Å². The number of nitrogens with zero attached hydrogens (tertiary/aromatic N) is 1. The Morgan fingerprint density at radius 2 is 2.38 bits per heavy atom. The highest BCUT2D eigenvalue weighted by Gasteiger charge is 2.22. The third-order valence-corrected chi connectivity index (χ3v) is 2.77. The van der Waals surface area contributed by atoms with E-state index in [2.05, 4.69) is 0 Å². The van der Waals surface area contributed by atoms with Crippen LogP contribution in [0.1, 0.15) is 19.6 Å². The van der Waals surface area contributed by atoms with Gasteiger partial charge in [-0.3, -0.25) is 4.79 Å². The van der Waals surface area contributed by atoms with Gasteiger partial charge < -0.3 is 15.1 Å². The van der Waals surface area contributed by atoms with Gasteiger partial charge in [0.25, 0.3) is 0 Å². The van der Waals surface area contributed by atoms with Crippen LogP contribution in [0.25, 0.3) is 0 Å². The predicted octanol–water partition coefficient (Wildman–Crippen LogP) is 1.55. The Kier molecular flexibility index (Phi) is 4.49. The highest BCUT2D eigenvalue weighted by atomic mass is 32.1. The van der Waals surface area contributed by atoms with Gasteiger partial charge in [0.05, 0.1) is 23.7 Å². The number of hydrogen-bond donors (Lipinski definition) is 1. The van der Waals surface area contributed by atoms with Gasteiger partial charge in [-0.2, -0.15) is 0 Å². The van der Waals surface area contributed by atoms with Crippen LogP contribution in [0.2, 0.25) is 0 Å². The Morgan fingerprint density at radius 1 is 1.69 bits per heavy atom. The summed E-state index contributed by atoms with van der Waals surface area (Å²) in [6, 6.07) is 3.63. The van der Waals surface area contributed by atoms with Crippen molar-refractivity contribution in [1.82, 2.24) is 4.90 Å². The Labute approximate surface area is 100 Å². The van der Waals surface area contributed by atoms with E-state index in [1.807, 2.05) is 13.0 Å². The topological polar surface area (TPSA) is 59.5 Å². The molecule has 1 aromatic heterocycles. The number of amides is 1. The number of thiocarbonyl (C=S) groups is 1. The van der Waals surface area contributed by atoms with Crippen LogP contribution in [0.4, 0.5) is 0 Å². The molecule has 1 unspecified atom stereocenters. The minimum absolute atomic E-state index is 0.0635. The Hall–Kier alpha value is -1.36. The number of nitrogens with two attached hydrogens (primary N) is 1. The molecule has 0 spiro atoms. The number of carbonyl (C=O) groups excluding carboxylic acids is 1. The summed E-state index contributed by atoms with van der Waals surface area (Å²) in [6.07, 6.45) is 1.59.